The zero-order chi connectivity index (χ0) is 17.0. The molecule has 0 atom stereocenters. The van der Waals surface area contributed by atoms with Gasteiger partial charge in [-0.15, -0.1) is 0 Å². The van der Waals surface area contributed by atoms with Crippen LogP contribution in [0, 0.1) is 0 Å². The summed E-state index contributed by atoms with van der Waals surface area (Å²) < 4.78 is 15.9. The van der Waals surface area contributed by atoms with Crippen LogP contribution in [0.1, 0.15) is 31.3 Å². The Labute approximate surface area is 141 Å². The second kappa shape index (κ2) is 6.82. The van der Waals surface area contributed by atoms with Crippen molar-refractivity contribution in [1.82, 2.24) is 4.98 Å². The average Bonchev–Trinajstić information content (AvgIpc) is 2.87. The molecule has 0 aliphatic rings. The Hall–Kier alpha value is -2.35. The van der Waals surface area contributed by atoms with Crippen LogP contribution in [-0.2, 0) is 4.74 Å². The Kier molecular flexibility index (Phi) is 5.05. The van der Waals surface area contributed by atoms with E-state index in [9.17, 15) is 9.59 Å². The predicted molar refractivity (Wildman–Crippen MR) is 85.5 cm³/mol. The monoisotopic (exact) mass is 382 g/mol. The number of carbonyl (C=O) groups is 2. The number of anilines is 1. The molecular formula is C15H15BrN2O5. The summed E-state index contributed by atoms with van der Waals surface area (Å²) in [5.41, 5.74) is -0.841. The number of amides is 1. The topological polar surface area (TPSA) is 90.7 Å². The average molecular weight is 383 g/mol. The minimum absolute atomic E-state index is 0.142. The van der Waals surface area contributed by atoms with E-state index in [1.54, 1.807) is 45.0 Å². The van der Waals surface area contributed by atoms with Gasteiger partial charge in [-0.25, -0.2) is 14.6 Å². The minimum atomic E-state index is -0.767. The second-order valence-corrected chi connectivity index (χ2v) is 6.33. The number of rotatable bonds is 3. The molecule has 0 saturated carbocycles. The van der Waals surface area contributed by atoms with Gasteiger partial charge in [0.2, 0.25) is 11.6 Å². The maximum Gasteiger partial charge on any atom is 0.414 e. The minimum Gasteiger partial charge on any atom is -0.444 e. The van der Waals surface area contributed by atoms with E-state index in [1.165, 1.54) is 0 Å². The van der Waals surface area contributed by atoms with E-state index < -0.39 is 17.7 Å². The van der Waals surface area contributed by atoms with Crippen LogP contribution in [0.15, 0.2) is 39.5 Å². The van der Waals surface area contributed by atoms with Crippen LogP contribution in [-0.4, -0.2) is 22.6 Å². The standard InChI is InChI=1S/C15H15BrN2O5/c1-15(2,3)23-14(20)18-12-11(17-8-21-12)13(19)22-10-7-5-4-6-9(10)16/h4-8H,1-3H3,(H,18,20). The molecule has 1 N–H and O–H groups in total. The number of para-hydroxylation sites is 1. The molecule has 2 rings (SSSR count). The largest absolute Gasteiger partial charge is 0.444 e. The number of halogens is 1. The summed E-state index contributed by atoms with van der Waals surface area (Å²) in [6.07, 6.45) is 0.271. The highest BCUT2D eigenvalue weighted by Crippen LogP contribution is 2.25. The molecule has 8 heteroatoms. The van der Waals surface area contributed by atoms with E-state index in [0.717, 1.165) is 6.39 Å². The van der Waals surface area contributed by atoms with Crippen LogP contribution in [0.5, 0.6) is 5.75 Å². The third-order valence-corrected chi connectivity index (χ3v) is 3.07. The van der Waals surface area contributed by atoms with Crippen molar-refractivity contribution >= 4 is 33.9 Å². The molecule has 0 saturated heterocycles. The first kappa shape index (κ1) is 17.0. The number of hydrogen-bond donors (Lipinski definition) is 1. The number of esters is 1. The Balaban J connectivity index is 2.10. The summed E-state index contributed by atoms with van der Waals surface area (Å²) in [6, 6.07) is 6.84. The van der Waals surface area contributed by atoms with Crippen LogP contribution in [0.4, 0.5) is 10.7 Å². The molecule has 0 bridgehead atoms. The number of aromatic nitrogens is 1. The fourth-order valence-corrected chi connectivity index (χ4v) is 1.92. The lowest BCUT2D eigenvalue weighted by atomic mass is 10.2. The molecule has 1 amide bonds. The molecule has 0 spiro atoms. The Morgan fingerprint density at radius 1 is 1.26 bits per heavy atom. The van der Waals surface area contributed by atoms with Crippen molar-refractivity contribution in [1.29, 1.82) is 0 Å². The molecule has 0 aliphatic carbocycles. The summed E-state index contributed by atoms with van der Waals surface area (Å²) >= 11 is 3.27. The zero-order valence-electron chi connectivity index (χ0n) is 12.8. The van der Waals surface area contributed by atoms with Gasteiger partial charge >= 0.3 is 12.1 Å². The molecule has 0 radical (unpaired) electrons. The fourth-order valence-electron chi connectivity index (χ4n) is 1.55. The van der Waals surface area contributed by atoms with Crippen molar-refractivity contribution in [2.45, 2.75) is 26.4 Å². The highest BCUT2D eigenvalue weighted by molar-refractivity contribution is 9.10. The third-order valence-electron chi connectivity index (χ3n) is 2.41. The van der Waals surface area contributed by atoms with Gasteiger partial charge in [0, 0.05) is 0 Å². The van der Waals surface area contributed by atoms with Crippen LogP contribution in [0.3, 0.4) is 0 Å². The summed E-state index contributed by atoms with van der Waals surface area (Å²) in [6.45, 7) is 5.15. The molecular weight excluding hydrogens is 368 g/mol. The van der Waals surface area contributed by atoms with Gasteiger partial charge in [0.25, 0.3) is 0 Å². The third kappa shape index (κ3) is 4.82. The Bertz CT molecular complexity index is 721. The van der Waals surface area contributed by atoms with E-state index in [0.29, 0.717) is 10.2 Å². The molecule has 0 aliphatic heterocycles. The van der Waals surface area contributed by atoms with Crippen molar-refractivity contribution in [2.24, 2.45) is 0 Å². The van der Waals surface area contributed by atoms with Gasteiger partial charge < -0.3 is 13.9 Å². The lowest BCUT2D eigenvalue weighted by Gasteiger charge is -2.19. The maximum absolute atomic E-state index is 12.2. The molecule has 0 unspecified atom stereocenters. The van der Waals surface area contributed by atoms with Gasteiger partial charge in [0.1, 0.15) is 11.4 Å². The van der Waals surface area contributed by atoms with Gasteiger partial charge in [-0.1, -0.05) is 12.1 Å². The number of nitrogens with zero attached hydrogens (tertiary/aromatic N) is 1. The summed E-state index contributed by atoms with van der Waals surface area (Å²) in [5, 5.41) is 2.33. The molecule has 0 fully saturated rings. The summed E-state index contributed by atoms with van der Waals surface area (Å²) in [7, 11) is 0. The SMILES string of the molecule is CC(C)(C)OC(=O)Nc1ocnc1C(=O)Oc1ccccc1Br. The second-order valence-electron chi connectivity index (χ2n) is 5.48. The van der Waals surface area contributed by atoms with E-state index in [2.05, 4.69) is 26.2 Å². The lowest BCUT2D eigenvalue weighted by Crippen LogP contribution is -2.27. The lowest BCUT2D eigenvalue weighted by molar-refractivity contribution is 0.0632. The highest BCUT2D eigenvalue weighted by atomic mass is 79.9. The predicted octanol–water partition coefficient (Wildman–Crippen LogP) is 4.00. The van der Waals surface area contributed by atoms with Crippen molar-refractivity contribution in [3.63, 3.8) is 0 Å². The van der Waals surface area contributed by atoms with Gasteiger partial charge in [0.15, 0.2) is 6.39 Å². The number of carbonyl (C=O) groups excluding carboxylic acids is 2. The van der Waals surface area contributed by atoms with Gasteiger partial charge in [-0.2, -0.15) is 0 Å². The quantitative estimate of drug-likeness (QED) is 0.636. The fraction of sp³-hybridized carbons (Fsp3) is 0.267. The van der Waals surface area contributed by atoms with Crippen molar-refractivity contribution < 1.29 is 23.5 Å². The van der Waals surface area contributed by atoms with Crippen molar-refractivity contribution in [3.8, 4) is 5.75 Å². The number of oxazole rings is 1. The van der Waals surface area contributed by atoms with Crippen molar-refractivity contribution in [2.75, 3.05) is 5.32 Å². The molecule has 122 valence electrons. The smallest absolute Gasteiger partial charge is 0.414 e. The Morgan fingerprint density at radius 3 is 2.61 bits per heavy atom. The number of ether oxygens (including phenoxy) is 2. The van der Waals surface area contributed by atoms with E-state index in [1.807, 2.05) is 0 Å². The molecule has 7 nitrogen and oxygen atoms in total. The summed E-state index contributed by atoms with van der Waals surface area (Å²) in [4.78, 5) is 27.7. The maximum atomic E-state index is 12.2. The van der Waals surface area contributed by atoms with E-state index >= 15 is 0 Å². The van der Waals surface area contributed by atoms with Crippen LogP contribution in [0.2, 0.25) is 0 Å². The summed E-state index contributed by atoms with van der Waals surface area (Å²) in [5.74, 6) is -0.586. The van der Waals surface area contributed by atoms with E-state index in [4.69, 9.17) is 13.9 Å². The number of nitrogens with one attached hydrogen (secondary N) is 1. The normalized spacial score (nSPS) is 11.0. The molecule has 23 heavy (non-hydrogen) atoms. The molecule has 1 aromatic heterocycles. The number of hydrogen-bond acceptors (Lipinski definition) is 6. The van der Waals surface area contributed by atoms with Gasteiger partial charge in [-0.05, 0) is 48.8 Å². The van der Waals surface area contributed by atoms with Crippen molar-refractivity contribution in [3.05, 3.63) is 40.8 Å². The highest BCUT2D eigenvalue weighted by Gasteiger charge is 2.24. The molecule has 1 aromatic carbocycles. The van der Waals surface area contributed by atoms with Gasteiger partial charge in [-0.3, -0.25) is 5.32 Å². The van der Waals surface area contributed by atoms with Crippen LogP contribution >= 0.6 is 15.9 Å². The first-order valence-electron chi connectivity index (χ1n) is 6.66. The van der Waals surface area contributed by atoms with Crippen LogP contribution < -0.4 is 10.1 Å². The Morgan fingerprint density at radius 2 is 1.96 bits per heavy atom. The first-order valence-corrected chi connectivity index (χ1v) is 7.46. The molecule has 1 heterocycles. The van der Waals surface area contributed by atoms with Crippen LogP contribution in [0.25, 0.3) is 0 Å². The zero-order valence-corrected chi connectivity index (χ0v) is 14.3. The van der Waals surface area contributed by atoms with Gasteiger partial charge in [0.05, 0.1) is 4.47 Å². The molecule has 2 aromatic rings. The first-order chi connectivity index (χ1) is 10.8. The number of benzene rings is 1. The van der Waals surface area contributed by atoms with E-state index in [-0.39, 0.29) is 11.6 Å².